The highest BCUT2D eigenvalue weighted by Crippen LogP contribution is 2.40. The van der Waals surface area contributed by atoms with E-state index in [0.717, 1.165) is 46.0 Å². The Morgan fingerprint density at radius 3 is 2.34 bits per heavy atom. The van der Waals surface area contributed by atoms with Crippen LogP contribution in [0.4, 0.5) is 9.59 Å². The van der Waals surface area contributed by atoms with Gasteiger partial charge in [-0.25, -0.2) is 19.1 Å². The van der Waals surface area contributed by atoms with Crippen molar-refractivity contribution in [2.24, 2.45) is 0 Å². The first-order valence-corrected chi connectivity index (χ1v) is 15.3. The number of ether oxygens (including phenoxy) is 3. The fourth-order valence-electron chi connectivity index (χ4n) is 6.13. The van der Waals surface area contributed by atoms with Crippen LogP contribution < -0.4 is 0 Å². The number of likely N-dealkylation sites (tertiary alicyclic amines) is 1. The molecule has 0 N–H and O–H groups in total. The van der Waals surface area contributed by atoms with E-state index >= 15 is 0 Å². The molecule has 0 bridgehead atoms. The predicted molar refractivity (Wildman–Crippen MR) is 167 cm³/mol. The average Bonchev–Trinajstić information content (AvgIpc) is 3.55. The molecular weight excluding hydrogens is 560 g/mol. The molecule has 0 aliphatic carbocycles. The second-order valence-corrected chi connectivity index (χ2v) is 13.8. The molecule has 2 aromatic heterocycles. The van der Waals surface area contributed by atoms with Crippen molar-refractivity contribution >= 4 is 29.1 Å². The molecule has 1 atom stereocenters. The molecule has 5 rings (SSSR count). The third-order valence-electron chi connectivity index (χ3n) is 8.00. The van der Waals surface area contributed by atoms with Gasteiger partial charge in [-0.05, 0) is 114 Å². The van der Waals surface area contributed by atoms with Crippen molar-refractivity contribution in [3.05, 3.63) is 52.8 Å². The number of carbonyl (C=O) groups is 3. The topological polar surface area (TPSA) is 103 Å². The van der Waals surface area contributed by atoms with Crippen molar-refractivity contribution < 1.29 is 28.6 Å². The fourth-order valence-corrected chi connectivity index (χ4v) is 6.13. The number of fused-ring (bicyclic) bond motifs is 2. The number of rotatable bonds is 4. The SMILES string of the molecule is COCC(=O)N1CCc2c(cc(-c3cnc4c(c3)c(C)cn4C(=O)OC(C)(C)C)cc2C2CCCN2C(=O)OC(C)(C)C)C1. The number of aryl methyl sites for hydroxylation is 1. The Hall–Kier alpha value is -3.92. The molecule has 2 aliphatic heterocycles. The molecule has 0 saturated carbocycles. The van der Waals surface area contributed by atoms with Gasteiger partial charge in [0.05, 0.1) is 6.04 Å². The third kappa shape index (κ3) is 6.60. The van der Waals surface area contributed by atoms with E-state index in [2.05, 4.69) is 12.1 Å². The Kier molecular flexibility index (Phi) is 8.50. The number of hydrogen-bond donors (Lipinski definition) is 0. The summed E-state index contributed by atoms with van der Waals surface area (Å²) in [6.45, 7) is 14.8. The van der Waals surface area contributed by atoms with Crippen LogP contribution in [0.2, 0.25) is 0 Å². The Labute approximate surface area is 259 Å². The van der Waals surface area contributed by atoms with E-state index in [-0.39, 0.29) is 24.6 Å². The van der Waals surface area contributed by atoms with Crippen LogP contribution in [0, 0.1) is 6.92 Å². The molecule has 10 heteroatoms. The molecule has 1 aromatic carbocycles. The van der Waals surface area contributed by atoms with Gasteiger partial charge in [0.2, 0.25) is 5.91 Å². The summed E-state index contributed by atoms with van der Waals surface area (Å²) >= 11 is 0. The molecule has 2 amide bonds. The van der Waals surface area contributed by atoms with Crippen LogP contribution in [0.15, 0.2) is 30.6 Å². The van der Waals surface area contributed by atoms with Gasteiger partial charge in [0.15, 0.2) is 0 Å². The Morgan fingerprint density at radius 1 is 0.955 bits per heavy atom. The lowest BCUT2D eigenvalue weighted by Gasteiger charge is -2.34. The van der Waals surface area contributed by atoms with Crippen LogP contribution in [0.5, 0.6) is 0 Å². The summed E-state index contributed by atoms with van der Waals surface area (Å²) in [6.07, 6.45) is 5.14. The highest BCUT2D eigenvalue weighted by atomic mass is 16.6. The van der Waals surface area contributed by atoms with Gasteiger partial charge >= 0.3 is 12.2 Å². The van der Waals surface area contributed by atoms with E-state index in [1.165, 1.54) is 17.2 Å². The average molecular weight is 605 g/mol. The summed E-state index contributed by atoms with van der Waals surface area (Å²) in [7, 11) is 1.53. The number of pyridine rings is 1. The van der Waals surface area contributed by atoms with Crippen molar-refractivity contribution in [3.63, 3.8) is 0 Å². The van der Waals surface area contributed by atoms with E-state index in [4.69, 9.17) is 19.2 Å². The van der Waals surface area contributed by atoms with Gasteiger partial charge in [0.25, 0.3) is 0 Å². The first-order valence-electron chi connectivity index (χ1n) is 15.3. The maximum absolute atomic E-state index is 13.3. The summed E-state index contributed by atoms with van der Waals surface area (Å²) in [4.78, 5) is 47.4. The molecule has 3 aromatic rings. The number of amides is 2. The monoisotopic (exact) mass is 604 g/mol. The van der Waals surface area contributed by atoms with Crippen LogP contribution in [-0.4, -0.2) is 75.5 Å². The molecule has 1 fully saturated rings. The Bertz CT molecular complexity index is 1600. The summed E-state index contributed by atoms with van der Waals surface area (Å²) in [5.74, 6) is -0.0523. The van der Waals surface area contributed by atoms with Gasteiger partial charge in [0.1, 0.15) is 23.5 Å². The zero-order valence-corrected chi connectivity index (χ0v) is 27.2. The van der Waals surface area contributed by atoms with Gasteiger partial charge in [-0.3, -0.25) is 4.79 Å². The van der Waals surface area contributed by atoms with Crippen molar-refractivity contribution in [2.75, 3.05) is 26.8 Å². The minimum atomic E-state index is -0.632. The maximum atomic E-state index is 13.3. The molecule has 0 radical (unpaired) electrons. The molecule has 2 aliphatic rings. The predicted octanol–water partition coefficient (Wildman–Crippen LogP) is 6.40. The number of benzene rings is 1. The molecule has 4 heterocycles. The maximum Gasteiger partial charge on any atom is 0.420 e. The van der Waals surface area contributed by atoms with Crippen molar-refractivity contribution in [1.82, 2.24) is 19.4 Å². The summed E-state index contributed by atoms with van der Waals surface area (Å²) < 4.78 is 18.0. The minimum Gasteiger partial charge on any atom is -0.444 e. The van der Waals surface area contributed by atoms with Gasteiger partial charge < -0.3 is 24.0 Å². The number of hydrogen-bond acceptors (Lipinski definition) is 7. The first kappa shape index (κ1) is 31.5. The van der Waals surface area contributed by atoms with Crippen molar-refractivity contribution in [2.45, 2.75) is 91.5 Å². The van der Waals surface area contributed by atoms with Gasteiger partial charge in [-0.2, -0.15) is 0 Å². The molecule has 236 valence electrons. The lowest BCUT2D eigenvalue weighted by molar-refractivity contribution is -0.136. The smallest absolute Gasteiger partial charge is 0.420 e. The lowest BCUT2D eigenvalue weighted by atomic mass is 9.86. The highest BCUT2D eigenvalue weighted by Gasteiger charge is 2.36. The van der Waals surface area contributed by atoms with Crippen LogP contribution in [0.25, 0.3) is 22.2 Å². The molecule has 10 nitrogen and oxygen atoms in total. The number of aromatic nitrogens is 2. The highest BCUT2D eigenvalue weighted by molar-refractivity contribution is 5.92. The van der Waals surface area contributed by atoms with Crippen molar-refractivity contribution in [3.8, 4) is 11.1 Å². The third-order valence-corrected chi connectivity index (χ3v) is 8.00. The van der Waals surface area contributed by atoms with E-state index < -0.39 is 17.3 Å². The molecule has 1 unspecified atom stereocenters. The largest absolute Gasteiger partial charge is 0.444 e. The lowest BCUT2D eigenvalue weighted by Crippen LogP contribution is -2.39. The molecule has 1 saturated heterocycles. The summed E-state index contributed by atoms with van der Waals surface area (Å²) in [6, 6.07) is 6.20. The van der Waals surface area contributed by atoms with E-state index in [1.807, 2.05) is 64.3 Å². The summed E-state index contributed by atoms with van der Waals surface area (Å²) in [5.41, 5.74) is 5.34. The second-order valence-electron chi connectivity index (χ2n) is 13.8. The van der Waals surface area contributed by atoms with E-state index in [1.54, 1.807) is 12.4 Å². The Morgan fingerprint density at radius 2 is 1.66 bits per heavy atom. The van der Waals surface area contributed by atoms with Crippen LogP contribution in [0.3, 0.4) is 0 Å². The fraction of sp³-hybridized carbons (Fsp3) is 0.529. The van der Waals surface area contributed by atoms with Gasteiger partial charge in [0, 0.05) is 50.1 Å². The van der Waals surface area contributed by atoms with Gasteiger partial charge in [-0.1, -0.05) is 0 Å². The summed E-state index contributed by atoms with van der Waals surface area (Å²) in [5, 5.41) is 0.848. The normalized spacial score (nSPS) is 17.1. The second kappa shape index (κ2) is 11.9. The molecule has 44 heavy (non-hydrogen) atoms. The molecular formula is C34H44N4O6. The van der Waals surface area contributed by atoms with Crippen LogP contribution in [0.1, 0.15) is 82.7 Å². The standard InChI is InChI=1S/C34H44N4O6/c1-21-18-38(32(41)44-34(5,6)7)30-26(21)16-23(17-35-30)22-14-24-19-36(29(39)20-42-8)13-11-25(24)27(15-22)28-10-9-12-37(28)31(40)43-33(2,3)4/h14-18,28H,9-13,19-20H2,1-8H3. The zero-order chi connectivity index (χ0) is 32.0. The Balaban J connectivity index is 1.58. The van der Waals surface area contributed by atoms with E-state index in [9.17, 15) is 14.4 Å². The van der Waals surface area contributed by atoms with Crippen molar-refractivity contribution in [1.29, 1.82) is 0 Å². The van der Waals surface area contributed by atoms with E-state index in [0.29, 0.717) is 31.7 Å². The first-order chi connectivity index (χ1) is 20.6. The quantitative estimate of drug-likeness (QED) is 0.340. The zero-order valence-electron chi connectivity index (χ0n) is 27.2. The number of nitrogens with zero attached hydrogens (tertiary/aromatic N) is 4. The number of carbonyl (C=O) groups excluding carboxylic acids is 3. The molecule has 0 spiro atoms. The minimum absolute atomic E-state index is 0.0332. The van der Waals surface area contributed by atoms with Crippen LogP contribution in [-0.2, 0) is 32.0 Å². The number of methoxy groups -OCH3 is 1. The van der Waals surface area contributed by atoms with Crippen LogP contribution >= 0.6 is 0 Å². The van der Waals surface area contributed by atoms with Gasteiger partial charge in [-0.15, -0.1) is 0 Å².